The molecule has 1 amide bonds. The number of likely N-dealkylation sites (tertiary alicyclic amines) is 1. The molecule has 7 nitrogen and oxygen atoms in total. The number of amides is 1. The summed E-state index contributed by atoms with van der Waals surface area (Å²) in [5.74, 6) is -6.16. The lowest BCUT2D eigenvalue weighted by atomic mass is 9.86. The van der Waals surface area contributed by atoms with Gasteiger partial charge in [-0.1, -0.05) is 0 Å². The summed E-state index contributed by atoms with van der Waals surface area (Å²) in [6, 6.07) is 1.99. The lowest BCUT2D eigenvalue weighted by Gasteiger charge is -2.40. The zero-order valence-corrected chi connectivity index (χ0v) is 17.2. The molecule has 13 heteroatoms. The molecule has 3 atom stereocenters. The Labute approximate surface area is 183 Å². The Morgan fingerprint density at radius 1 is 1.36 bits per heavy atom. The second-order valence-electron chi connectivity index (χ2n) is 7.75. The number of nitrogens with zero attached hydrogens (tertiary/aromatic N) is 2. The van der Waals surface area contributed by atoms with Gasteiger partial charge in [0.25, 0.3) is 11.5 Å². The topological polar surface area (TPSA) is 98.3 Å². The lowest BCUT2D eigenvalue weighted by molar-refractivity contribution is -0.207. The van der Waals surface area contributed by atoms with Crippen LogP contribution < -0.4 is 10.9 Å². The van der Waals surface area contributed by atoms with Crippen LogP contribution in [0.2, 0.25) is 0 Å². The highest BCUT2D eigenvalue weighted by Crippen LogP contribution is 2.41. The first-order chi connectivity index (χ1) is 15.3. The SMILES string of the molecule is CC(C(=O)Nc1ccc(F)cn1)N1CCC(F)(F)C(c2c[nH]c(=O)c([C@H](O)C(F)(F)F)c2)C1. The zero-order chi connectivity index (χ0) is 24.6. The molecule has 2 aromatic heterocycles. The summed E-state index contributed by atoms with van der Waals surface area (Å²) in [5, 5.41) is 11.9. The fourth-order valence-electron chi connectivity index (χ4n) is 3.57. The van der Waals surface area contributed by atoms with Crippen molar-refractivity contribution in [3.63, 3.8) is 0 Å². The number of alkyl halides is 5. The Bertz CT molecular complexity index is 1060. The molecule has 0 aromatic carbocycles. The van der Waals surface area contributed by atoms with Crippen molar-refractivity contribution in [2.24, 2.45) is 0 Å². The number of aromatic nitrogens is 2. The number of halogens is 6. The van der Waals surface area contributed by atoms with E-state index in [2.05, 4.69) is 10.3 Å². The van der Waals surface area contributed by atoms with Crippen molar-refractivity contribution in [3.05, 3.63) is 57.9 Å². The van der Waals surface area contributed by atoms with Crippen LogP contribution >= 0.6 is 0 Å². The third-order valence-electron chi connectivity index (χ3n) is 5.53. The van der Waals surface area contributed by atoms with Crippen LogP contribution in [-0.4, -0.2) is 57.1 Å². The summed E-state index contributed by atoms with van der Waals surface area (Å²) in [6.45, 7) is 0.855. The molecule has 1 saturated heterocycles. The number of piperidine rings is 1. The molecule has 1 aliphatic rings. The summed E-state index contributed by atoms with van der Waals surface area (Å²) >= 11 is 0. The van der Waals surface area contributed by atoms with Gasteiger partial charge < -0.3 is 15.4 Å². The largest absolute Gasteiger partial charge is 0.418 e. The van der Waals surface area contributed by atoms with Crippen molar-refractivity contribution in [2.75, 3.05) is 18.4 Å². The summed E-state index contributed by atoms with van der Waals surface area (Å²) in [6.07, 6.45) is -7.22. The molecule has 3 rings (SSSR count). The molecule has 0 radical (unpaired) electrons. The van der Waals surface area contributed by atoms with Gasteiger partial charge in [0.2, 0.25) is 5.91 Å². The predicted octanol–water partition coefficient (Wildman–Crippen LogP) is 2.96. The monoisotopic (exact) mass is 478 g/mol. The number of anilines is 1. The van der Waals surface area contributed by atoms with Gasteiger partial charge in [-0.15, -0.1) is 0 Å². The highest BCUT2D eigenvalue weighted by molar-refractivity contribution is 5.93. The maximum Gasteiger partial charge on any atom is 0.418 e. The van der Waals surface area contributed by atoms with Gasteiger partial charge in [-0.05, 0) is 30.7 Å². The molecule has 2 aromatic rings. The van der Waals surface area contributed by atoms with Crippen molar-refractivity contribution in [2.45, 2.75) is 43.5 Å². The van der Waals surface area contributed by atoms with Crippen LogP contribution in [0.15, 0.2) is 35.4 Å². The second-order valence-corrected chi connectivity index (χ2v) is 7.75. The van der Waals surface area contributed by atoms with E-state index in [0.717, 1.165) is 18.5 Å². The van der Waals surface area contributed by atoms with Crippen molar-refractivity contribution in [1.29, 1.82) is 0 Å². The van der Waals surface area contributed by atoms with E-state index in [0.29, 0.717) is 6.07 Å². The van der Waals surface area contributed by atoms with Crippen LogP contribution in [0, 0.1) is 5.82 Å². The number of aliphatic hydroxyl groups excluding tert-OH is 1. The molecule has 2 unspecified atom stereocenters. The zero-order valence-electron chi connectivity index (χ0n) is 17.2. The summed E-state index contributed by atoms with van der Waals surface area (Å²) in [7, 11) is 0. The van der Waals surface area contributed by atoms with Crippen molar-refractivity contribution in [1.82, 2.24) is 14.9 Å². The highest BCUT2D eigenvalue weighted by atomic mass is 19.4. The van der Waals surface area contributed by atoms with Crippen LogP contribution in [0.1, 0.15) is 36.5 Å². The van der Waals surface area contributed by atoms with E-state index in [-0.39, 0.29) is 17.9 Å². The molecule has 1 aliphatic heterocycles. The molecule has 3 N–H and O–H groups in total. The van der Waals surface area contributed by atoms with Crippen LogP contribution in [-0.2, 0) is 4.79 Å². The van der Waals surface area contributed by atoms with Gasteiger partial charge in [-0.25, -0.2) is 18.2 Å². The maximum absolute atomic E-state index is 14.7. The van der Waals surface area contributed by atoms with Gasteiger partial charge >= 0.3 is 6.18 Å². The number of hydrogen-bond acceptors (Lipinski definition) is 5. The van der Waals surface area contributed by atoms with E-state index in [1.165, 1.54) is 17.9 Å². The summed E-state index contributed by atoms with van der Waals surface area (Å²) < 4.78 is 81.0. The fourth-order valence-corrected chi connectivity index (χ4v) is 3.57. The molecule has 0 saturated carbocycles. The molecule has 180 valence electrons. The van der Waals surface area contributed by atoms with E-state index in [1.54, 1.807) is 0 Å². The quantitative estimate of drug-likeness (QED) is 0.575. The van der Waals surface area contributed by atoms with Gasteiger partial charge in [0, 0.05) is 25.7 Å². The fraction of sp³-hybridized carbons (Fsp3) is 0.450. The number of carbonyl (C=O) groups excluding carboxylic acids is 1. The summed E-state index contributed by atoms with van der Waals surface area (Å²) in [4.78, 5) is 31.4. The molecular weight excluding hydrogens is 458 g/mol. The third kappa shape index (κ3) is 5.53. The Morgan fingerprint density at radius 2 is 2.06 bits per heavy atom. The Kier molecular flexibility index (Phi) is 6.84. The van der Waals surface area contributed by atoms with Crippen LogP contribution in [0.4, 0.5) is 32.2 Å². The number of aromatic amines is 1. The first-order valence-electron chi connectivity index (χ1n) is 9.81. The average Bonchev–Trinajstić information content (AvgIpc) is 2.74. The molecule has 0 bridgehead atoms. The van der Waals surface area contributed by atoms with Crippen molar-refractivity contribution in [3.8, 4) is 0 Å². The van der Waals surface area contributed by atoms with E-state index < -0.39 is 66.0 Å². The number of carbonyl (C=O) groups is 1. The van der Waals surface area contributed by atoms with E-state index in [1.807, 2.05) is 4.98 Å². The molecular formula is C20H20F6N4O3. The first-order valence-corrected chi connectivity index (χ1v) is 9.81. The third-order valence-corrected chi connectivity index (χ3v) is 5.53. The average molecular weight is 478 g/mol. The predicted molar refractivity (Wildman–Crippen MR) is 104 cm³/mol. The number of hydrogen-bond donors (Lipinski definition) is 3. The van der Waals surface area contributed by atoms with Gasteiger partial charge in [-0.2, -0.15) is 13.2 Å². The molecule has 0 spiro atoms. The first kappa shape index (κ1) is 24.7. The Balaban J connectivity index is 1.82. The van der Waals surface area contributed by atoms with Crippen LogP contribution in [0.5, 0.6) is 0 Å². The second kappa shape index (κ2) is 9.14. The number of rotatable bonds is 5. The molecule has 1 fully saturated rings. The van der Waals surface area contributed by atoms with Crippen molar-refractivity contribution < 1.29 is 36.2 Å². The van der Waals surface area contributed by atoms with Gasteiger partial charge in [-0.3, -0.25) is 14.5 Å². The van der Waals surface area contributed by atoms with Crippen LogP contribution in [0.3, 0.4) is 0 Å². The number of pyridine rings is 2. The summed E-state index contributed by atoms with van der Waals surface area (Å²) in [5.41, 5.74) is -2.66. The highest BCUT2D eigenvalue weighted by Gasteiger charge is 2.47. The number of H-pyrrole nitrogens is 1. The maximum atomic E-state index is 14.7. The number of nitrogens with one attached hydrogen (secondary N) is 2. The molecule has 33 heavy (non-hydrogen) atoms. The minimum absolute atomic E-state index is 0.0542. The van der Waals surface area contributed by atoms with Crippen LogP contribution in [0.25, 0.3) is 0 Å². The molecule has 3 heterocycles. The minimum atomic E-state index is -5.16. The Morgan fingerprint density at radius 3 is 2.67 bits per heavy atom. The van der Waals surface area contributed by atoms with Gasteiger partial charge in [0.1, 0.15) is 11.6 Å². The Hall–Kier alpha value is -2.93. The number of aliphatic hydroxyl groups is 1. The lowest BCUT2D eigenvalue weighted by Crippen LogP contribution is -2.52. The van der Waals surface area contributed by atoms with Gasteiger partial charge in [0.05, 0.1) is 23.7 Å². The minimum Gasteiger partial charge on any atom is -0.379 e. The van der Waals surface area contributed by atoms with E-state index >= 15 is 0 Å². The standard InChI is InChI=1S/C20H20F6N4O3/c1-10(17(32)29-15-3-2-12(21)8-27-15)30-5-4-19(22,23)14(9-30)11-6-13(18(33)28-7-11)16(31)20(24,25)26/h2-3,6-8,10,14,16,31H,4-5,9H2,1H3,(H,28,33)(H,27,29,32)/t10?,14?,16-/m0/s1. The van der Waals surface area contributed by atoms with Crippen molar-refractivity contribution >= 4 is 11.7 Å². The normalized spacial score (nSPS) is 20.8. The van der Waals surface area contributed by atoms with E-state index in [4.69, 9.17) is 0 Å². The molecule has 0 aliphatic carbocycles. The smallest absolute Gasteiger partial charge is 0.379 e. The van der Waals surface area contributed by atoms with Gasteiger partial charge in [0.15, 0.2) is 6.10 Å². The van der Waals surface area contributed by atoms with E-state index in [9.17, 15) is 41.0 Å².